The number of amides is 4. The number of anilines is 1. The van der Waals surface area contributed by atoms with Crippen LogP contribution in [0.25, 0.3) is 10.8 Å². The summed E-state index contributed by atoms with van der Waals surface area (Å²) in [5.74, 6) is -0.738. The standard InChI is InChI=1S/C29H27N3O3/c33-27-25-20-13-14-21(16-15-20)26(25)28(34)32(27)24(17-18-7-2-1-3-8-18)31-29(35)30-23-12-6-10-19-9-4-5-11-22(19)23/h1-14,20-21,24-26H,15-17H2,(H2,30,31,35)/t20-,21-,24-,25-,26-/m0/s1. The summed E-state index contributed by atoms with van der Waals surface area (Å²) >= 11 is 0. The van der Waals surface area contributed by atoms with Crippen LogP contribution in [-0.2, 0) is 16.0 Å². The number of nitrogens with zero attached hydrogens (tertiary/aromatic N) is 1. The number of likely N-dealkylation sites (tertiary alicyclic amines) is 1. The molecule has 1 saturated carbocycles. The Hall–Kier alpha value is -3.93. The molecule has 2 bridgehead atoms. The normalized spacial score (nSPS) is 25.5. The molecule has 3 aliphatic carbocycles. The number of hydrogen-bond acceptors (Lipinski definition) is 3. The third-order valence-electron chi connectivity index (χ3n) is 7.71. The summed E-state index contributed by atoms with van der Waals surface area (Å²) in [5, 5.41) is 7.83. The Morgan fingerprint density at radius 1 is 0.829 bits per heavy atom. The summed E-state index contributed by atoms with van der Waals surface area (Å²) in [4.78, 5) is 41.7. The quantitative estimate of drug-likeness (QED) is 0.423. The molecular weight excluding hydrogens is 438 g/mol. The fourth-order valence-corrected chi connectivity index (χ4v) is 6.09. The molecule has 0 radical (unpaired) electrons. The molecule has 0 aromatic heterocycles. The van der Waals surface area contributed by atoms with Crippen LogP contribution in [0.2, 0.25) is 0 Å². The lowest BCUT2D eigenvalue weighted by Gasteiger charge is -2.38. The van der Waals surface area contributed by atoms with Crippen LogP contribution in [0, 0.1) is 23.7 Å². The number of urea groups is 1. The molecule has 1 aliphatic heterocycles. The summed E-state index contributed by atoms with van der Waals surface area (Å²) in [6.45, 7) is 0. The van der Waals surface area contributed by atoms with Crippen LogP contribution in [0.4, 0.5) is 10.5 Å². The average molecular weight is 466 g/mol. The Balaban J connectivity index is 1.28. The second-order valence-corrected chi connectivity index (χ2v) is 9.72. The molecule has 4 aliphatic rings. The van der Waals surface area contributed by atoms with Crippen molar-refractivity contribution in [3.63, 3.8) is 0 Å². The molecule has 35 heavy (non-hydrogen) atoms. The number of fused-ring (bicyclic) bond motifs is 2. The SMILES string of the molecule is O=C(Nc1cccc2ccccc12)N[C@H](Cc1ccccc1)N1C(=O)[C@@H]2[C@@H](C1=O)[C@H]1C=C[C@H]2CC1. The van der Waals surface area contributed by atoms with E-state index in [2.05, 4.69) is 22.8 Å². The number of carbonyl (C=O) groups is 3. The van der Waals surface area contributed by atoms with E-state index in [-0.39, 0.29) is 35.5 Å². The number of nitrogens with one attached hydrogen (secondary N) is 2. The maximum Gasteiger partial charge on any atom is 0.320 e. The molecule has 2 N–H and O–H groups in total. The largest absolute Gasteiger partial charge is 0.320 e. The lowest BCUT2D eigenvalue weighted by Crippen LogP contribution is -2.53. The van der Waals surface area contributed by atoms with Crippen molar-refractivity contribution < 1.29 is 14.4 Å². The van der Waals surface area contributed by atoms with Gasteiger partial charge in [0.1, 0.15) is 6.17 Å². The summed E-state index contributed by atoms with van der Waals surface area (Å²) in [5.41, 5.74) is 1.62. The van der Waals surface area contributed by atoms with E-state index in [9.17, 15) is 14.4 Å². The first-order valence-electron chi connectivity index (χ1n) is 12.2. The Kier molecular flexibility index (Phi) is 5.36. The van der Waals surface area contributed by atoms with Crippen LogP contribution in [0.3, 0.4) is 0 Å². The fourth-order valence-electron chi connectivity index (χ4n) is 6.09. The molecule has 2 fully saturated rings. The highest BCUT2D eigenvalue weighted by molar-refractivity contribution is 6.07. The van der Waals surface area contributed by atoms with Gasteiger partial charge in [-0.3, -0.25) is 14.5 Å². The Labute approximate surface area is 204 Å². The van der Waals surface area contributed by atoms with Crippen molar-refractivity contribution >= 4 is 34.3 Å². The van der Waals surface area contributed by atoms with E-state index >= 15 is 0 Å². The van der Waals surface area contributed by atoms with Gasteiger partial charge in [-0.15, -0.1) is 0 Å². The summed E-state index contributed by atoms with van der Waals surface area (Å²) in [7, 11) is 0. The predicted molar refractivity (Wildman–Crippen MR) is 134 cm³/mol. The van der Waals surface area contributed by atoms with E-state index in [4.69, 9.17) is 0 Å². The van der Waals surface area contributed by atoms with Crippen LogP contribution in [-0.4, -0.2) is 28.9 Å². The zero-order valence-corrected chi connectivity index (χ0v) is 19.3. The van der Waals surface area contributed by atoms with E-state index in [0.717, 1.165) is 29.2 Å². The highest BCUT2D eigenvalue weighted by atomic mass is 16.2. The van der Waals surface area contributed by atoms with Gasteiger partial charge in [0, 0.05) is 11.8 Å². The smallest absolute Gasteiger partial charge is 0.317 e. The van der Waals surface area contributed by atoms with Crippen molar-refractivity contribution in [2.45, 2.75) is 25.4 Å². The van der Waals surface area contributed by atoms with Crippen LogP contribution in [0.1, 0.15) is 18.4 Å². The number of hydrogen-bond donors (Lipinski definition) is 2. The number of carbonyl (C=O) groups excluding carboxylic acids is 3. The van der Waals surface area contributed by atoms with Gasteiger partial charge in [-0.25, -0.2) is 4.79 Å². The molecule has 7 rings (SSSR count). The van der Waals surface area contributed by atoms with Crippen molar-refractivity contribution in [1.82, 2.24) is 10.2 Å². The zero-order chi connectivity index (χ0) is 23.9. The lowest BCUT2D eigenvalue weighted by molar-refractivity contribution is -0.143. The number of imide groups is 1. The van der Waals surface area contributed by atoms with Gasteiger partial charge < -0.3 is 10.6 Å². The highest BCUT2D eigenvalue weighted by Crippen LogP contribution is 2.50. The van der Waals surface area contributed by atoms with E-state index < -0.39 is 12.2 Å². The van der Waals surface area contributed by atoms with Crippen molar-refractivity contribution in [2.75, 3.05) is 5.32 Å². The van der Waals surface area contributed by atoms with Crippen molar-refractivity contribution in [3.05, 3.63) is 90.5 Å². The molecule has 1 saturated heterocycles. The van der Waals surface area contributed by atoms with Gasteiger partial charge in [-0.2, -0.15) is 0 Å². The van der Waals surface area contributed by atoms with Crippen LogP contribution in [0.15, 0.2) is 84.9 Å². The van der Waals surface area contributed by atoms with Gasteiger partial charge in [-0.05, 0) is 41.7 Å². The van der Waals surface area contributed by atoms with Gasteiger partial charge in [-0.1, -0.05) is 78.9 Å². The van der Waals surface area contributed by atoms with E-state index in [0.29, 0.717) is 12.1 Å². The molecule has 5 atom stereocenters. The molecule has 3 aromatic carbocycles. The third kappa shape index (κ3) is 3.79. The monoisotopic (exact) mass is 465 g/mol. The molecule has 0 spiro atoms. The Morgan fingerprint density at radius 3 is 2.14 bits per heavy atom. The minimum Gasteiger partial charge on any atom is -0.317 e. The fraction of sp³-hybridized carbons (Fsp3) is 0.276. The maximum absolute atomic E-state index is 13.6. The first kappa shape index (κ1) is 21.6. The van der Waals surface area contributed by atoms with Crippen molar-refractivity contribution in [3.8, 4) is 0 Å². The van der Waals surface area contributed by atoms with Crippen LogP contribution in [0.5, 0.6) is 0 Å². The van der Waals surface area contributed by atoms with Gasteiger partial charge in [0.15, 0.2) is 0 Å². The van der Waals surface area contributed by atoms with Gasteiger partial charge in [0.2, 0.25) is 11.8 Å². The number of allylic oxidation sites excluding steroid dienone is 2. The second kappa shape index (κ2) is 8.69. The first-order chi connectivity index (χ1) is 17.1. The highest BCUT2D eigenvalue weighted by Gasteiger charge is 2.58. The second-order valence-electron chi connectivity index (χ2n) is 9.72. The third-order valence-corrected chi connectivity index (χ3v) is 7.71. The predicted octanol–water partition coefficient (Wildman–Crippen LogP) is 4.73. The van der Waals surface area contributed by atoms with E-state index in [1.807, 2.05) is 72.8 Å². The number of rotatable bonds is 5. The van der Waals surface area contributed by atoms with Crippen LogP contribution < -0.4 is 10.6 Å². The first-order valence-corrected chi connectivity index (χ1v) is 12.2. The maximum atomic E-state index is 13.6. The summed E-state index contributed by atoms with van der Waals surface area (Å²) < 4.78 is 0. The average Bonchev–Trinajstić information content (AvgIpc) is 3.17. The minimum absolute atomic E-state index is 0.105. The van der Waals surface area contributed by atoms with Crippen LogP contribution >= 0.6 is 0 Å². The summed E-state index contributed by atoms with van der Waals surface area (Å²) in [6, 6.07) is 22.7. The zero-order valence-electron chi connectivity index (χ0n) is 19.3. The molecule has 6 nitrogen and oxygen atoms in total. The van der Waals surface area contributed by atoms with E-state index in [1.54, 1.807) is 0 Å². The summed E-state index contributed by atoms with van der Waals surface area (Å²) in [6.07, 6.45) is 5.68. The van der Waals surface area contributed by atoms with Gasteiger partial charge >= 0.3 is 6.03 Å². The van der Waals surface area contributed by atoms with E-state index in [1.165, 1.54) is 4.90 Å². The molecule has 3 aromatic rings. The Bertz CT molecular complexity index is 1300. The Morgan fingerprint density at radius 2 is 1.46 bits per heavy atom. The molecule has 4 amide bonds. The number of benzene rings is 3. The molecule has 176 valence electrons. The van der Waals surface area contributed by atoms with Crippen molar-refractivity contribution in [1.29, 1.82) is 0 Å². The van der Waals surface area contributed by atoms with Gasteiger partial charge in [0.25, 0.3) is 0 Å². The van der Waals surface area contributed by atoms with Crippen molar-refractivity contribution in [2.24, 2.45) is 23.7 Å². The lowest BCUT2D eigenvalue weighted by atomic mass is 9.63. The minimum atomic E-state index is -0.766. The molecule has 6 heteroatoms. The molecule has 1 heterocycles. The molecular formula is C29H27N3O3. The van der Waals surface area contributed by atoms with Gasteiger partial charge in [0.05, 0.1) is 17.5 Å². The topological polar surface area (TPSA) is 78.5 Å². The molecule has 0 unspecified atom stereocenters.